The van der Waals surface area contributed by atoms with E-state index in [1.54, 1.807) is 0 Å². The molecule has 129 valence electrons. The van der Waals surface area contributed by atoms with E-state index in [1.807, 2.05) is 13.8 Å². The van der Waals surface area contributed by atoms with Gasteiger partial charge in [-0.3, -0.25) is 0 Å². The topological polar surface area (TPSA) is 27.7 Å². The lowest BCUT2D eigenvalue weighted by Gasteiger charge is -2.23. The molecule has 0 fully saturated rings. The molecule has 0 aliphatic rings. The molecule has 0 spiro atoms. The molecule has 2 rings (SSSR count). The van der Waals surface area contributed by atoms with Crippen LogP contribution in [0.25, 0.3) is 0 Å². The molecule has 0 unspecified atom stereocenters. The molecule has 0 heterocycles. The van der Waals surface area contributed by atoms with E-state index in [-0.39, 0.29) is 5.92 Å². The Bertz CT molecular complexity index is 578. The van der Waals surface area contributed by atoms with Crippen LogP contribution in [0.4, 0.5) is 0 Å². The van der Waals surface area contributed by atoms with E-state index in [4.69, 9.17) is 13.3 Å². The summed E-state index contributed by atoms with van der Waals surface area (Å²) < 4.78 is 17.3. The summed E-state index contributed by atoms with van der Waals surface area (Å²) in [7, 11) is -1.68. The molecule has 24 heavy (non-hydrogen) atoms. The van der Waals surface area contributed by atoms with Crippen molar-refractivity contribution < 1.29 is 13.3 Å². The number of hydrogen-bond acceptors (Lipinski definition) is 3. The monoisotopic (exact) mass is 343 g/mol. The van der Waals surface area contributed by atoms with Gasteiger partial charge in [0.05, 0.1) is 0 Å². The second-order valence-corrected chi connectivity index (χ2v) is 7.06. The lowest BCUT2D eigenvalue weighted by atomic mass is 9.87. The second-order valence-electron chi connectivity index (χ2n) is 5.69. The van der Waals surface area contributed by atoms with Gasteiger partial charge in [-0.15, -0.1) is 0 Å². The summed E-state index contributed by atoms with van der Waals surface area (Å²) in [6, 6.07) is 17.0. The summed E-state index contributed by atoms with van der Waals surface area (Å²) in [5, 5.41) is 0. The Morgan fingerprint density at radius 2 is 1.21 bits per heavy atom. The van der Waals surface area contributed by atoms with Gasteiger partial charge in [-0.05, 0) is 49.9 Å². The Labute approximate surface area is 147 Å². The highest BCUT2D eigenvalue weighted by Crippen LogP contribution is 2.30. The molecule has 1 radical (unpaired) electrons. The van der Waals surface area contributed by atoms with Crippen LogP contribution < -0.4 is 0 Å². The molecule has 4 heteroatoms. The van der Waals surface area contributed by atoms with E-state index in [0.717, 1.165) is 0 Å². The van der Waals surface area contributed by atoms with Gasteiger partial charge in [0.2, 0.25) is 0 Å². The van der Waals surface area contributed by atoms with Gasteiger partial charge in [0.15, 0.2) is 0 Å². The van der Waals surface area contributed by atoms with Crippen LogP contribution in [-0.4, -0.2) is 29.3 Å². The van der Waals surface area contributed by atoms with Gasteiger partial charge in [0.25, 0.3) is 0 Å². The molecule has 0 aliphatic heterocycles. The first-order valence-electron chi connectivity index (χ1n) is 8.53. The van der Waals surface area contributed by atoms with Crippen LogP contribution in [0.1, 0.15) is 42.0 Å². The molecular weight excluding hydrogens is 316 g/mol. The fourth-order valence-electron chi connectivity index (χ4n) is 2.81. The van der Waals surface area contributed by atoms with Crippen LogP contribution in [0.3, 0.4) is 0 Å². The summed E-state index contributed by atoms with van der Waals surface area (Å²) in [4.78, 5) is 0. The molecule has 3 nitrogen and oxygen atoms in total. The van der Waals surface area contributed by atoms with Crippen molar-refractivity contribution in [2.24, 2.45) is 0 Å². The fourth-order valence-corrected chi connectivity index (χ4v) is 3.84. The maximum Gasteiger partial charge on any atom is 0.577 e. The molecular formula is C20H27O3Si. The van der Waals surface area contributed by atoms with Crippen molar-refractivity contribution in [1.82, 2.24) is 0 Å². The third kappa shape index (κ3) is 5.01. The van der Waals surface area contributed by atoms with Crippen LogP contribution in [0.2, 0.25) is 0 Å². The van der Waals surface area contributed by atoms with Crippen LogP contribution >= 0.6 is 0 Å². The molecule has 0 N–H and O–H groups in total. The van der Waals surface area contributed by atoms with Crippen molar-refractivity contribution in [3.05, 3.63) is 70.8 Å². The zero-order chi connectivity index (χ0) is 17.4. The minimum Gasteiger partial charge on any atom is -0.371 e. The van der Waals surface area contributed by atoms with Crippen molar-refractivity contribution in [1.29, 1.82) is 0 Å². The normalized spacial score (nSPS) is 11.4. The first kappa shape index (κ1) is 18.9. The molecule has 0 bridgehead atoms. The summed E-state index contributed by atoms with van der Waals surface area (Å²) >= 11 is 0. The molecule has 0 atom stereocenters. The van der Waals surface area contributed by atoms with Crippen molar-refractivity contribution in [2.75, 3.05) is 19.8 Å². The van der Waals surface area contributed by atoms with E-state index in [0.29, 0.717) is 19.8 Å². The lowest BCUT2D eigenvalue weighted by Crippen LogP contribution is -2.29. The maximum atomic E-state index is 6.06. The Hall–Kier alpha value is -1.46. The van der Waals surface area contributed by atoms with Crippen LogP contribution in [0.15, 0.2) is 48.5 Å². The Morgan fingerprint density at radius 3 is 1.62 bits per heavy atom. The second kappa shape index (κ2) is 9.74. The highest BCUT2D eigenvalue weighted by Gasteiger charge is 2.24. The van der Waals surface area contributed by atoms with Gasteiger partial charge in [-0.2, -0.15) is 0 Å². The third-order valence-corrected chi connectivity index (χ3v) is 5.47. The molecule has 2 aromatic rings. The zero-order valence-corrected chi connectivity index (χ0v) is 16.0. The van der Waals surface area contributed by atoms with Crippen molar-refractivity contribution in [3.63, 3.8) is 0 Å². The van der Waals surface area contributed by atoms with E-state index in [9.17, 15) is 0 Å². The van der Waals surface area contributed by atoms with Crippen molar-refractivity contribution in [2.45, 2.75) is 33.6 Å². The highest BCUT2D eigenvalue weighted by molar-refractivity contribution is 6.36. The largest absolute Gasteiger partial charge is 0.577 e. The number of aryl methyl sites for hydroxylation is 2. The van der Waals surface area contributed by atoms with Gasteiger partial charge >= 0.3 is 9.53 Å². The highest BCUT2D eigenvalue weighted by atomic mass is 28.3. The summed E-state index contributed by atoms with van der Waals surface area (Å²) in [6.45, 7) is 10.0. The predicted molar refractivity (Wildman–Crippen MR) is 99.2 cm³/mol. The first-order chi connectivity index (χ1) is 11.7. The SMILES string of the molecule is CCO[Si](OCC)OCC(c1ccccc1C)c1ccccc1C. The molecule has 0 saturated heterocycles. The average molecular weight is 344 g/mol. The van der Waals surface area contributed by atoms with Gasteiger partial charge in [-0.25, -0.2) is 0 Å². The maximum absolute atomic E-state index is 6.06. The first-order valence-corrected chi connectivity index (χ1v) is 9.76. The van der Waals surface area contributed by atoms with Gasteiger partial charge in [0, 0.05) is 25.7 Å². The quantitative estimate of drug-likeness (QED) is 0.627. The minimum atomic E-state index is -1.68. The number of hydrogen-bond donors (Lipinski definition) is 0. The third-order valence-electron chi connectivity index (χ3n) is 4.02. The molecule has 0 aliphatic carbocycles. The lowest BCUT2D eigenvalue weighted by molar-refractivity contribution is 0.0992. The summed E-state index contributed by atoms with van der Waals surface area (Å²) in [5.74, 6) is 0.174. The van der Waals surface area contributed by atoms with Gasteiger partial charge in [0.1, 0.15) is 0 Å². The number of rotatable bonds is 9. The Morgan fingerprint density at radius 1 is 0.750 bits per heavy atom. The Kier molecular flexibility index (Phi) is 7.66. The van der Waals surface area contributed by atoms with Crippen molar-refractivity contribution >= 4 is 9.53 Å². The van der Waals surface area contributed by atoms with Crippen molar-refractivity contribution in [3.8, 4) is 0 Å². The molecule has 0 aromatic heterocycles. The van der Waals surface area contributed by atoms with Crippen LogP contribution in [0, 0.1) is 13.8 Å². The van der Waals surface area contributed by atoms with Crippen LogP contribution in [-0.2, 0) is 13.3 Å². The average Bonchev–Trinajstić information content (AvgIpc) is 2.58. The molecule has 0 saturated carbocycles. The van der Waals surface area contributed by atoms with Crippen LogP contribution in [0.5, 0.6) is 0 Å². The fraction of sp³-hybridized carbons (Fsp3) is 0.400. The van der Waals surface area contributed by atoms with Gasteiger partial charge < -0.3 is 13.3 Å². The molecule has 2 aromatic carbocycles. The minimum absolute atomic E-state index is 0.174. The zero-order valence-electron chi connectivity index (χ0n) is 15.0. The van der Waals surface area contributed by atoms with E-state index >= 15 is 0 Å². The smallest absolute Gasteiger partial charge is 0.371 e. The standard InChI is InChI=1S/C20H27O3Si/c1-5-21-24(22-6-2)23-15-20(18-13-9-7-11-16(18)3)19-14-10-8-12-17(19)4/h7-14,20H,5-6,15H2,1-4H3. The van der Waals surface area contributed by atoms with E-state index in [1.165, 1.54) is 22.3 Å². The van der Waals surface area contributed by atoms with E-state index < -0.39 is 9.53 Å². The molecule has 0 amide bonds. The predicted octanol–water partition coefficient (Wildman–Crippen LogP) is 4.51. The Balaban J connectivity index is 2.27. The van der Waals surface area contributed by atoms with E-state index in [2.05, 4.69) is 62.4 Å². The number of benzene rings is 2. The summed E-state index contributed by atoms with van der Waals surface area (Å²) in [5.41, 5.74) is 5.13. The summed E-state index contributed by atoms with van der Waals surface area (Å²) in [6.07, 6.45) is 0. The van der Waals surface area contributed by atoms with Gasteiger partial charge in [-0.1, -0.05) is 48.5 Å².